The van der Waals surface area contributed by atoms with Crippen molar-refractivity contribution in [1.29, 1.82) is 0 Å². The van der Waals surface area contributed by atoms with E-state index in [9.17, 15) is 29.8 Å². The van der Waals surface area contributed by atoms with E-state index in [-0.39, 0.29) is 41.5 Å². The molecule has 0 spiro atoms. The first-order valence-electron chi connectivity index (χ1n) is 10.0. The van der Waals surface area contributed by atoms with Crippen LogP contribution in [0.15, 0.2) is 48.5 Å². The zero-order valence-corrected chi connectivity index (χ0v) is 16.3. The summed E-state index contributed by atoms with van der Waals surface area (Å²) in [6.45, 7) is -0.0418. The fraction of sp³-hybridized carbons (Fsp3) is 0.364. The standard InChI is InChI=1S/C22H18N2O7/c25-18-9-16-17-10-22(17,13-3-7-15(8-4-13)24(29)30)20(19(16)18)21(26)31-11-12-1-5-14(6-2-12)23(27)28/h1-8,16-17,19-20H,9-11H2/t16-,17?,19?,20-,22?/m0/s1. The number of hydrogen-bond donors (Lipinski definition) is 0. The highest BCUT2D eigenvalue weighted by molar-refractivity contribution is 5.95. The lowest BCUT2D eigenvalue weighted by atomic mass is 9.66. The van der Waals surface area contributed by atoms with E-state index in [1.54, 1.807) is 12.1 Å². The number of carbonyl (C=O) groups excluding carboxylic acids is 2. The van der Waals surface area contributed by atoms with Crippen molar-refractivity contribution >= 4 is 23.1 Å². The number of nitro benzene ring substituents is 2. The summed E-state index contributed by atoms with van der Waals surface area (Å²) in [5, 5.41) is 21.8. The van der Waals surface area contributed by atoms with Gasteiger partial charge in [0.1, 0.15) is 12.4 Å². The molecule has 2 aromatic rings. The van der Waals surface area contributed by atoms with Crippen LogP contribution in [0.3, 0.4) is 0 Å². The Bertz CT molecular complexity index is 1110. The predicted molar refractivity (Wildman–Crippen MR) is 106 cm³/mol. The topological polar surface area (TPSA) is 130 Å². The lowest BCUT2D eigenvalue weighted by Crippen LogP contribution is -2.44. The van der Waals surface area contributed by atoms with E-state index in [0.717, 1.165) is 12.0 Å². The predicted octanol–water partition coefficient (Wildman–Crippen LogP) is 3.34. The van der Waals surface area contributed by atoms with Crippen LogP contribution in [0.25, 0.3) is 0 Å². The maximum atomic E-state index is 13.1. The molecule has 5 atom stereocenters. The Hall–Kier alpha value is -3.62. The summed E-state index contributed by atoms with van der Waals surface area (Å²) in [6.07, 6.45) is 1.23. The van der Waals surface area contributed by atoms with E-state index in [0.29, 0.717) is 12.0 Å². The molecule has 0 radical (unpaired) electrons. The maximum absolute atomic E-state index is 13.1. The molecule has 0 bridgehead atoms. The molecule has 9 heteroatoms. The van der Waals surface area contributed by atoms with E-state index in [4.69, 9.17) is 4.74 Å². The minimum atomic E-state index is -0.608. The van der Waals surface area contributed by atoms with Crippen LogP contribution in [0.4, 0.5) is 11.4 Å². The summed E-state index contributed by atoms with van der Waals surface area (Å²) in [5.74, 6) is -1.01. The molecule has 9 nitrogen and oxygen atoms in total. The van der Waals surface area contributed by atoms with Crippen molar-refractivity contribution in [3.05, 3.63) is 79.9 Å². The second-order valence-electron chi connectivity index (χ2n) is 8.52. The van der Waals surface area contributed by atoms with Gasteiger partial charge in [-0.15, -0.1) is 0 Å². The highest BCUT2D eigenvalue weighted by atomic mass is 16.6. The van der Waals surface area contributed by atoms with Gasteiger partial charge in [-0.3, -0.25) is 29.8 Å². The number of fused-ring (bicyclic) bond motifs is 3. The minimum absolute atomic E-state index is 0.0216. The van der Waals surface area contributed by atoms with E-state index in [2.05, 4.69) is 0 Å². The molecule has 5 rings (SSSR count). The number of ether oxygens (including phenoxy) is 1. The number of hydrogen-bond acceptors (Lipinski definition) is 7. The molecular formula is C22H18N2O7. The van der Waals surface area contributed by atoms with Crippen molar-refractivity contribution in [2.24, 2.45) is 23.7 Å². The van der Waals surface area contributed by atoms with E-state index in [1.165, 1.54) is 36.4 Å². The van der Waals surface area contributed by atoms with Crippen LogP contribution < -0.4 is 0 Å². The average molecular weight is 422 g/mol. The summed E-state index contributed by atoms with van der Waals surface area (Å²) >= 11 is 0. The van der Waals surface area contributed by atoms with Gasteiger partial charge in [-0.1, -0.05) is 12.1 Å². The van der Waals surface area contributed by atoms with Crippen molar-refractivity contribution in [2.75, 3.05) is 0 Å². The lowest BCUT2D eigenvalue weighted by Gasteiger charge is -2.35. The molecule has 0 heterocycles. The number of nitro groups is 2. The molecule has 3 saturated carbocycles. The Morgan fingerprint density at radius 3 is 2.13 bits per heavy atom. The van der Waals surface area contributed by atoms with Crippen LogP contribution >= 0.6 is 0 Å². The monoisotopic (exact) mass is 422 g/mol. The highest BCUT2D eigenvalue weighted by Gasteiger charge is 2.77. The van der Waals surface area contributed by atoms with E-state index < -0.39 is 27.1 Å². The quantitative estimate of drug-likeness (QED) is 0.396. The summed E-state index contributed by atoms with van der Waals surface area (Å²) < 4.78 is 5.55. The summed E-state index contributed by atoms with van der Waals surface area (Å²) in [7, 11) is 0. The first-order chi connectivity index (χ1) is 14.8. The Balaban J connectivity index is 1.38. The van der Waals surface area contributed by atoms with Crippen molar-refractivity contribution in [2.45, 2.75) is 24.9 Å². The van der Waals surface area contributed by atoms with Crippen LogP contribution in [-0.4, -0.2) is 21.6 Å². The fourth-order valence-corrected chi connectivity index (χ4v) is 5.64. The molecule has 3 fully saturated rings. The molecule has 0 amide bonds. The summed E-state index contributed by atoms with van der Waals surface area (Å²) in [4.78, 5) is 46.2. The highest BCUT2D eigenvalue weighted by Crippen LogP contribution is 2.75. The third kappa shape index (κ3) is 2.83. The van der Waals surface area contributed by atoms with Gasteiger partial charge in [-0.25, -0.2) is 0 Å². The fourth-order valence-electron chi connectivity index (χ4n) is 5.64. The smallest absolute Gasteiger partial charge is 0.310 e. The number of esters is 1. The van der Waals surface area contributed by atoms with Crippen LogP contribution in [0, 0.1) is 43.9 Å². The van der Waals surface area contributed by atoms with Crippen LogP contribution in [0.2, 0.25) is 0 Å². The van der Waals surface area contributed by atoms with E-state index >= 15 is 0 Å². The van der Waals surface area contributed by atoms with Gasteiger partial charge in [0.05, 0.1) is 15.8 Å². The zero-order valence-electron chi connectivity index (χ0n) is 16.3. The summed E-state index contributed by atoms with van der Waals surface area (Å²) in [5.41, 5.74) is 0.870. The summed E-state index contributed by atoms with van der Waals surface area (Å²) in [6, 6.07) is 12.0. The molecule has 0 saturated heterocycles. The Labute approximate surface area is 176 Å². The van der Waals surface area contributed by atoms with Gasteiger partial charge in [0, 0.05) is 42.0 Å². The molecule has 158 valence electrons. The van der Waals surface area contributed by atoms with Crippen molar-refractivity contribution in [1.82, 2.24) is 0 Å². The molecule has 0 aromatic heterocycles. The average Bonchev–Trinajstić information content (AvgIpc) is 3.44. The van der Waals surface area contributed by atoms with Gasteiger partial charge < -0.3 is 4.74 Å². The lowest BCUT2D eigenvalue weighted by molar-refractivity contribution is -0.385. The van der Waals surface area contributed by atoms with Gasteiger partial charge in [-0.05, 0) is 41.5 Å². The minimum Gasteiger partial charge on any atom is -0.461 e. The molecule has 0 N–H and O–H groups in total. The van der Waals surface area contributed by atoms with Crippen LogP contribution in [0.1, 0.15) is 24.0 Å². The Morgan fingerprint density at radius 2 is 1.58 bits per heavy atom. The number of benzene rings is 2. The first-order valence-corrected chi connectivity index (χ1v) is 10.0. The third-order valence-corrected chi connectivity index (χ3v) is 7.16. The Kier molecular flexibility index (Phi) is 4.18. The van der Waals surface area contributed by atoms with E-state index in [1.807, 2.05) is 0 Å². The first kappa shape index (κ1) is 19.3. The largest absolute Gasteiger partial charge is 0.461 e. The number of rotatable bonds is 6. The molecule has 3 unspecified atom stereocenters. The zero-order chi connectivity index (χ0) is 21.9. The number of nitrogens with zero attached hydrogens (tertiary/aromatic N) is 2. The molecule has 2 aromatic carbocycles. The number of non-ortho nitro benzene ring substituents is 2. The normalized spacial score (nSPS) is 30.0. The van der Waals surface area contributed by atoms with Crippen LogP contribution in [-0.2, 0) is 26.3 Å². The maximum Gasteiger partial charge on any atom is 0.310 e. The molecule has 0 aliphatic heterocycles. The third-order valence-electron chi connectivity index (χ3n) is 7.16. The van der Waals surface area contributed by atoms with Crippen molar-refractivity contribution in [3.63, 3.8) is 0 Å². The van der Waals surface area contributed by atoms with Crippen molar-refractivity contribution in [3.8, 4) is 0 Å². The molecule has 3 aliphatic rings. The van der Waals surface area contributed by atoms with Crippen LogP contribution in [0.5, 0.6) is 0 Å². The van der Waals surface area contributed by atoms with Gasteiger partial charge >= 0.3 is 5.97 Å². The Morgan fingerprint density at radius 1 is 1.00 bits per heavy atom. The second-order valence-corrected chi connectivity index (χ2v) is 8.52. The molecule has 3 aliphatic carbocycles. The van der Waals surface area contributed by atoms with Gasteiger partial charge in [0.15, 0.2) is 0 Å². The van der Waals surface area contributed by atoms with Gasteiger partial charge in [0.2, 0.25) is 0 Å². The van der Waals surface area contributed by atoms with Gasteiger partial charge in [0.25, 0.3) is 11.4 Å². The number of ketones is 1. The van der Waals surface area contributed by atoms with Gasteiger partial charge in [-0.2, -0.15) is 0 Å². The number of Topliss-reactive ketones (excluding diaryl/α,β-unsaturated/α-hetero) is 1. The SMILES string of the molecule is O=C1C[C@@H]2C1[C@@H](C(=O)OCc1ccc([N+](=O)[O-])cc1)C1(c3ccc([N+](=O)[O-])cc3)CC21. The number of carbonyl (C=O) groups is 2. The molecular weight excluding hydrogens is 404 g/mol. The van der Waals surface area contributed by atoms with Crippen molar-refractivity contribution < 1.29 is 24.2 Å². The second kappa shape index (κ2) is 6.69. The molecule has 31 heavy (non-hydrogen) atoms.